The highest BCUT2D eigenvalue weighted by atomic mass is 79.9. The summed E-state index contributed by atoms with van der Waals surface area (Å²) in [5.74, 6) is 1.24. The standard InChI is InChI=1S/C13H15BrN2O2/c14-12(13(16)17)11(7-15)18-10-3-1-2-9(6-10)8-4-5-8/h1-3,6-8,17H,4-5,15-16H2/b11-7+,13-12-. The lowest BCUT2D eigenvalue weighted by Gasteiger charge is -2.10. The molecule has 0 radical (unpaired) electrons. The van der Waals surface area contributed by atoms with Gasteiger partial charge in [-0.2, -0.15) is 0 Å². The SMILES string of the molecule is N/C=C(Oc1cccc(C2CC2)c1)\C(Br)=C(/N)O. The zero-order valence-electron chi connectivity index (χ0n) is 9.77. The smallest absolute Gasteiger partial charge is 0.200 e. The molecule has 5 N–H and O–H groups in total. The number of rotatable bonds is 4. The molecule has 0 bridgehead atoms. The monoisotopic (exact) mass is 310 g/mol. The molecule has 0 heterocycles. The number of halogens is 1. The van der Waals surface area contributed by atoms with Crippen LogP contribution in [-0.2, 0) is 0 Å². The van der Waals surface area contributed by atoms with Gasteiger partial charge in [-0.25, -0.2) is 0 Å². The molecule has 1 aliphatic carbocycles. The van der Waals surface area contributed by atoms with Crippen molar-refractivity contribution in [2.24, 2.45) is 11.5 Å². The van der Waals surface area contributed by atoms with Crippen LogP contribution in [0.4, 0.5) is 0 Å². The van der Waals surface area contributed by atoms with Crippen molar-refractivity contribution in [3.63, 3.8) is 0 Å². The van der Waals surface area contributed by atoms with E-state index in [0.717, 1.165) is 0 Å². The third kappa shape index (κ3) is 2.98. The van der Waals surface area contributed by atoms with Gasteiger partial charge in [0, 0.05) is 6.20 Å². The molecule has 18 heavy (non-hydrogen) atoms. The van der Waals surface area contributed by atoms with Crippen LogP contribution >= 0.6 is 15.9 Å². The Morgan fingerprint density at radius 1 is 1.44 bits per heavy atom. The fourth-order valence-electron chi connectivity index (χ4n) is 1.65. The molecule has 0 aromatic heterocycles. The van der Waals surface area contributed by atoms with Gasteiger partial charge in [0.05, 0.1) is 0 Å². The summed E-state index contributed by atoms with van der Waals surface area (Å²) in [4.78, 5) is 0. The lowest BCUT2D eigenvalue weighted by atomic mass is 10.1. The van der Waals surface area contributed by atoms with Gasteiger partial charge in [0.15, 0.2) is 11.6 Å². The van der Waals surface area contributed by atoms with Crippen LogP contribution in [-0.4, -0.2) is 5.11 Å². The lowest BCUT2D eigenvalue weighted by Crippen LogP contribution is -2.05. The third-order valence-corrected chi connectivity index (χ3v) is 3.52. The summed E-state index contributed by atoms with van der Waals surface area (Å²) in [7, 11) is 0. The summed E-state index contributed by atoms with van der Waals surface area (Å²) in [6.45, 7) is 0. The number of allylic oxidation sites excluding steroid dienone is 1. The second kappa shape index (κ2) is 5.35. The molecular formula is C13H15BrN2O2. The Morgan fingerprint density at radius 2 is 2.17 bits per heavy atom. The van der Waals surface area contributed by atoms with Crippen LogP contribution in [0, 0.1) is 0 Å². The van der Waals surface area contributed by atoms with E-state index in [1.807, 2.05) is 18.2 Å². The van der Waals surface area contributed by atoms with Crippen LogP contribution in [0.5, 0.6) is 5.75 Å². The molecule has 0 saturated heterocycles. The van der Waals surface area contributed by atoms with Crippen LogP contribution in [0.25, 0.3) is 0 Å². The summed E-state index contributed by atoms with van der Waals surface area (Å²) < 4.78 is 5.83. The van der Waals surface area contributed by atoms with Crippen molar-refractivity contribution in [3.05, 3.63) is 52.2 Å². The molecular weight excluding hydrogens is 296 g/mol. The second-order valence-corrected chi connectivity index (χ2v) is 4.97. The molecule has 96 valence electrons. The highest BCUT2D eigenvalue weighted by molar-refractivity contribution is 9.12. The second-order valence-electron chi connectivity index (χ2n) is 4.18. The van der Waals surface area contributed by atoms with Gasteiger partial charge in [0.25, 0.3) is 0 Å². The minimum Gasteiger partial charge on any atom is -0.494 e. The molecule has 1 aliphatic rings. The zero-order chi connectivity index (χ0) is 13.1. The molecule has 0 atom stereocenters. The first kappa shape index (κ1) is 12.8. The maximum absolute atomic E-state index is 9.19. The van der Waals surface area contributed by atoms with Crippen molar-refractivity contribution in [1.82, 2.24) is 0 Å². The van der Waals surface area contributed by atoms with Crippen molar-refractivity contribution in [2.75, 3.05) is 0 Å². The van der Waals surface area contributed by atoms with Gasteiger partial charge in [0.2, 0.25) is 0 Å². The van der Waals surface area contributed by atoms with Crippen molar-refractivity contribution in [3.8, 4) is 5.75 Å². The average Bonchev–Trinajstić information content (AvgIpc) is 3.19. The van der Waals surface area contributed by atoms with Gasteiger partial charge >= 0.3 is 0 Å². The Labute approximate surface area is 114 Å². The molecule has 5 heteroatoms. The van der Waals surface area contributed by atoms with E-state index < -0.39 is 0 Å². The number of nitrogens with two attached hydrogens (primary N) is 2. The van der Waals surface area contributed by atoms with E-state index in [-0.39, 0.29) is 16.1 Å². The zero-order valence-corrected chi connectivity index (χ0v) is 11.4. The molecule has 0 spiro atoms. The van der Waals surface area contributed by atoms with E-state index in [2.05, 4.69) is 22.0 Å². The first-order valence-corrected chi connectivity index (χ1v) is 6.45. The summed E-state index contributed by atoms with van der Waals surface area (Å²) in [5, 5.41) is 9.19. The molecule has 1 aromatic rings. The van der Waals surface area contributed by atoms with E-state index >= 15 is 0 Å². The quantitative estimate of drug-likeness (QED) is 0.590. The van der Waals surface area contributed by atoms with Crippen LogP contribution < -0.4 is 16.2 Å². The van der Waals surface area contributed by atoms with Gasteiger partial charge in [0.1, 0.15) is 10.2 Å². The average molecular weight is 311 g/mol. The number of aliphatic hydroxyl groups is 1. The number of aliphatic hydroxyl groups excluding tert-OH is 1. The maximum Gasteiger partial charge on any atom is 0.200 e. The lowest BCUT2D eigenvalue weighted by molar-refractivity contribution is 0.388. The predicted octanol–water partition coefficient (Wildman–Crippen LogP) is 2.82. The van der Waals surface area contributed by atoms with E-state index in [9.17, 15) is 5.11 Å². The molecule has 2 rings (SSSR count). The molecule has 1 fully saturated rings. The fourth-order valence-corrected chi connectivity index (χ4v) is 1.87. The van der Waals surface area contributed by atoms with Crippen LogP contribution in [0.2, 0.25) is 0 Å². The van der Waals surface area contributed by atoms with Crippen LogP contribution in [0.15, 0.2) is 46.6 Å². The first-order valence-electron chi connectivity index (χ1n) is 5.66. The van der Waals surface area contributed by atoms with E-state index in [1.165, 1.54) is 24.6 Å². The molecule has 4 nitrogen and oxygen atoms in total. The molecule has 0 amide bonds. The Hall–Kier alpha value is -1.62. The van der Waals surface area contributed by atoms with Gasteiger partial charge < -0.3 is 21.3 Å². The molecule has 1 aromatic carbocycles. The highest BCUT2D eigenvalue weighted by Gasteiger charge is 2.23. The van der Waals surface area contributed by atoms with Gasteiger partial charge in [-0.3, -0.25) is 0 Å². The third-order valence-electron chi connectivity index (χ3n) is 2.73. The van der Waals surface area contributed by atoms with Crippen LogP contribution in [0.1, 0.15) is 24.3 Å². The largest absolute Gasteiger partial charge is 0.494 e. The fraction of sp³-hybridized carbons (Fsp3) is 0.231. The number of hydrogen-bond donors (Lipinski definition) is 3. The first-order chi connectivity index (χ1) is 8.61. The van der Waals surface area contributed by atoms with Crippen LogP contribution in [0.3, 0.4) is 0 Å². The Bertz CT molecular complexity index is 503. The number of benzene rings is 1. The highest BCUT2D eigenvalue weighted by Crippen LogP contribution is 2.41. The topological polar surface area (TPSA) is 81.5 Å². The summed E-state index contributed by atoms with van der Waals surface area (Å²) in [6.07, 6.45) is 3.71. The predicted molar refractivity (Wildman–Crippen MR) is 74.1 cm³/mol. The van der Waals surface area contributed by atoms with E-state index in [4.69, 9.17) is 16.2 Å². The molecule has 1 saturated carbocycles. The normalized spacial score (nSPS) is 17.3. The summed E-state index contributed by atoms with van der Waals surface area (Å²) in [6, 6.07) is 7.84. The van der Waals surface area contributed by atoms with Crippen molar-refractivity contribution in [2.45, 2.75) is 18.8 Å². The maximum atomic E-state index is 9.19. The number of hydrogen-bond acceptors (Lipinski definition) is 4. The van der Waals surface area contributed by atoms with E-state index in [1.54, 1.807) is 0 Å². The van der Waals surface area contributed by atoms with Gasteiger partial charge in [-0.05, 0) is 52.4 Å². The van der Waals surface area contributed by atoms with E-state index in [0.29, 0.717) is 11.7 Å². The minimum absolute atomic E-state index is 0.238. The Balaban J connectivity index is 2.17. The minimum atomic E-state index is -0.370. The van der Waals surface area contributed by atoms with Gasteiger partial charge in [-0.1, -0.05) is 12.1 Å². The molecule has 0 aliphatic heterocycles. The summed E-state index contributed by atoms with van der Waals surface area (Å²) in [5.41, 5.74) is 12.0. The summed E-state index contributed by atoms with van der Waals surface area (Å²) >= 11 is 3.12. The Morgan fingerprint density at radius 3 is 2.72 bits per heavy atom. The number of ether oxygens (including phenoxy) is 1. The Kier molecular flexibility index (Phi) is 3.81. The van der Waals surface area contributed by atoms with Crippen molar-refractivity contribution >= 4 is 15.9 Å². The van der Waals surface area contributed by atoms with Gasteiger partial charge in [-0.15, -0.1) is 0 Å². The van der Waals surface area contributed by atoms with Crippen molar-refractivity contribution < 1.29 is 9.84 Å². The molecule has 0 unspecified atom stereocenters. The van der Waals surface area contributed by atoms with Crippen molar-refractivity contribution in [1.29, 1.82) is 0 Å².